The Hall–Kier alpha value is -1.42. The number of nitrogens with one attached hydrogen (secondary N) is 1. The highest BCUT2D eigenvalue weighted by Crippen LogP contribution is 2.32. The SMILES string of the molecule is CCC(Nc1cc(Br)ccc1N(C)C)c1ccco1. The third-order valence-electron chi connectivity index (χ3n) is 3.07. The number of benzene rings is 1. The van der Waals surface area contributed by atoms with E-state index >= 15 is 0 Å². The second-order valence-corrected chi connectivity index (χ2v) is 5.59. The predicted molar refractivity (Wildman–Crippen MR) is 83.8 cm³/mol. The molecule has 19 heavy (non-hydrogen) atoms. The van der Waals surface area contributed by atoms with E-state index in [-0.39, 0.29) is 6.04 Å². The summed E-state index contributed by atoms with van der Waals surface area (Å²) < 4.78 is 6.57. The smallest absolute Gasteiger partial charge is 0.125 e. The summed E-state index contributed by atoms with van der Waals surface area (Å²) in [4.78, 5) is 2.10. The number of halogens is 1. The highest BCUT2D eigenvalue weighted by Gasteiger charge is 2.14. The zero-order valence-corrected chi connectivity index (χ0v) is 13.1. The lowest BCUT2D eigenvalue weighted by atomic mass is 10.1. The van der Waals surface area contributed by atoms with Crippen molar-refractivity contribution in [2.75, 3.05) is 24.3 Å². The maximum Gasteiger partial charge on any atom is 0.125 e. The van der Waals surface area contributed by atoms with Crippen molar-refractivity contribution in [1.29, 1.82) is 0 Å². The molecular weight excluding hydrogens is 304 g/mol. The molecule has 2 aromatic rings. The van der Waals surface area contributed by atoms with Crippen molar-refractivity contribution in [3.63, 3.8) is 0 Å². The first-order valence-corrected chi connectivity index (χ1v) is 7.18. The molecule has 3 nitrogen and oxygen atoms in total. The van der Waals surface area contributed by atoms with Gasteiger partial charge in [0, 0.05) is 18.6 Å². The fourth-order valence-electron chi connectivity index (χ4n) is 2.07. The van der Waals surface area contributed by atoms with Crippen LogP contribution in [0.1, 0.15) is 25.1 Å². The molecule has 4 heteroatoms. The summed E-state index contributed by atoms with van der Waals surface area (Å²) in [6.07, 6.45) is 2.68. The van der Waals surface area contributed by atoms with Gasteiger partial charge in [-0.3, -0.25) is 0 Å². The lowest BCUT2D eigenvalue weighted by Crippen LogP contribution is -2.15. The highest BCUT2D eigenvalue weighted by molar-refractivity contribution is 9.10. The van der Waals surface area contributed by atoms with Gasteiger partial charge in [0.1, 0.15) is 5.76 Å². The minimum absolute atomic E-state index is 0.183. The summed E-state index contributed by atoms with van der Waals surface area (Å²) in [5, 5.41) is 3.56. The molecule has 0 aliphatic rings. The van der Waals surface area contributed by atoms with Gasteiger partial charge in [-0.15, -0.1) is 0 Å². The molecule has 0 spiro atoms. The van der Waals surface area contributed by atoms with Crippen molar-refractivity contribution in [3.8, 4) is 0 Å². The van der Waals surface area contributed by atoms with Gasteiger partial charge in [-0.2, -0.15) is 0 Å². The Morgan fingerprint density at radius 2 is 2.11 bits per heavy atom. The molecule has 1 atom stereocenters. The van der Waals surface area contributed by atoms with Crippen LogP contribution in [0.15, 0.2) is 45.5 Å². The van der Waals surface area contributed by atoms with E-state index in [0.29, 0.717) is 0 Å². The van der Waals surface area contributed by atoms with Crippen LogP contribution in [-0.2, 0) is 0 Å². The molecular formula is C15H19BrN2O. The van der Waals surface area contributed by atoms with E-state index in [0.717, 1.165) is 28.0 Å². The average molecular weight is 323 g/mol. The average Bonchev–Trinajstić information content (AvgIpc) is 2.89. The summed E-state index contributed by atoms with van der Waals surface area (Å²) in [5.74, 6) is 0.965. The Morgan fingerprint density at radius 1 is 1.32 bits per heavy atom. The molecule has 1 unspecified atom stereocenters. The van der Waals surface area contributed by atoms with Crippen molar-refractivity contribution >= 4 is 27.3 Å². The summed E-state index contributed by atoms with van der Waals surface area (Å²) in [6, 6.07) is 10.4. The summed E-state index contributed by atoms with van der Waals surface area (Å²) in [6.45, 7) is 2.15. The number of hydrogen-bond acceptors (Lipinski definition) is 3. The maximum atomic E-state index is 5.50. The molecule has 0 radical (unpaired) electrons. The highest BCUT2D eigenvalue weighted by atomic mass is 79.9. The van der Waals surface area contributed by atoms with Gasteiger partial charge in [0.25, 0.3) is 0 Å². The number of anilines is 2. The zero-order valence-electron chi connectivity index (χ0n) is 11.5. The normalized spacial score (nSPS) is 12.2. The van der Waals surface area contributed by atoms with Gasteiger partial charge in [0.05, 0.1) is 23.7 Å². The van der Waals surface area contributed by atoms with Gasteiger partial charge >= 0.3 is 0 Å². The fraction of sp³-hybridized carbons (Fsp3) is 0.333. The Kier molecular flexibility index (Phi) is 4.53. The minimum Gasteiger partial charge on any atom is -0.467 e. The van der Waals surface area contributed by atoms with Crippen LogP contribution < -0.4 is 10.2 Å². The van der Waals surface area contributed by atoms with Crippen LogP contribution >= 0.6 is 15.9 Å². The summed E-state index contributed by atoms with van der Waals surface area (Å²) >= 11 is 3.52. The van der Waals surface area contributed by atoms with Crippen molar-refractivity contribution in [2.24, 2.45) is 0 Å². The molecule has 0 amide bonds. The van der Waals surface area contributed by atoms with E-state index in [9.17, 15) is 0 Å². The number of rotatable bonds is 5. The Labute approximate surface area is 122 Å². The van der Waals surface area contributed by atoms with Crippen LogP contribution in [0.5, 0.6) is 0 Å². The fourth-order valence-corrected chi connectivity index (χ4v) is 2.43. The van der Waals surface area contributed by atoms with Crippen LogP contribution in [0.2, 0.25) is 0 Å². The van der Waals surface area contributed by atoms with Crippen LogP contribution in [0, 0.1) is 0 Å². The first-order chi connectivity index (χ1) is 9.11. The number of furan rings is 1. The second-order valence-electron chi connectivity index (χ2n) is 4.68. The van der Waals surface area contributed by atoms with Crippen molar-refractivity contribution < 1.29 is 4.42 Å². The molecule has 0 aliphatic carbocycles. The molecule has 0 saturated heterocycles. The predicted octanol–water partition coefficient (Wildman–Crippen LogP) is 4.67. The lowest BCUT2D eigenvalue weighted by molar-refractivity contribution is 0.474. The molecule has 102 valence electrons. The van der Waals surface area contributed by atoms with Gasteiger partial charge in [-0.1, -0.05) is 22.9 Å². The molecule has 0 fully saturated rings. The molecule has 1 N–H and O–H groups in total. The van der Waals surface area contributed by atoms with Gasteiger partial charge < -0.3 is 14.6 Å². The topological polar surface area (TPSA) is 28.4 Å². The van der Waals surface area contributed by atoms with Crippen LogP contribution in [0.3, 0.4) is 0 Å². The quantitative estimate of drug-likeness (QED) is 0.867. The van der Waals surface area contributed by atoms with Gasteiger partial charge in [0.15, 0.2) is 0 Å². The first kappa shape index (κ1) is 14.0. The number of hydrogen-bond donors (Lipinski definition) is 1. The van der Waals surface area contributed by atoms with E-state index in [1.165, 1.54) is 0 Å². The lowest BCUT2D eigenvalue weighted by Gasteiger charge is -2.22. The van der Waals surface area contributed by atoms with E-state index in [2.05, 4.69) is 45.2 Å². The Bertz CT molecular complexity index is 523. The van der Waals surface area contributed by atoms with Crippen molar-refractivity contribution in [1.82, 2.24) is 0 Å². The summed E-state index contributed by atoms with van der Waals surface area (Å²) in [7, 11) is 4.09. The van der Waals surface area contributed by atoms with Gasteiger partial charge in [0.2, 0.25) is 0 Å². The van der Waals surface area contributed by atoms with Gasteiger partial charge in [-0.05, 0) is 36.8 Å². The standard InChI is InChI=1S/C15H19BrN2O/c1-4-12(15-6-5-9-19-15)17-13-10-11(16)7-8-14(13)18(2)3/h5-10,12,17H,4H2,1-3H3. The molecule has 0 aliphatic heterocycles. The molecule has 1 aromatic heterocycles. The maximum absolute atomic E-state index is 5.50. The second kappa shape index (κ2) is 6.15. The molecule has 0 saturated carbocycles. The van der Waals surface area contributed by atoms with Crippen molar-refractivity contribution in [3.05, 3.63) is 46.8 Å². The van der Waals surface area contributed by atoms with Crippen LogP contribution in [0.4, 0.5) is 11.4 Å². The molecule has 1 heterocycles. The van der Waals surface area contributed by atoms with E-state index < -0.39 is 0 Å². The minimum atomic E-state index is 0.183. The van der Waals surface area contributed by atoms with E-state index in [1.54, 1.807) is 6.26 Å². The van der Waals surface area contributed by atoms with E-state index in [1.807, 2.05) is 32.3 Å². The largest absolute Gasteiger partial charge is 0.467 e. The van der Waals surface area contributed by atoms with Crippen LogP contribution in [-0.4, -0.2) is 14.1 Å². The molecule has 2 rings (SSSR count). The summed E-state index contributed by atoms with van der Waals surface area (Å²) in [5.41, 5.74) is 2.26. The molecule has 0 bridgehead atoms. The third kappa shape index (κ3) is 3.32. The van der Waals surface area contributed by atoms with E-state index in [4.69, 9.17) is 4.42 Å². The zero-order chi connectivity index (χ0) is 13.8. The Balaban J connectivity index is 2.28. The third-order valence-corrected chi connectivity index (χ3v) is 3.56. The van der Waals surface area contributed by atoms with Gasteiger partial charge in [-0.25, -0.2) is 0 Å². The van der Waals surface area contributed by atoms with Crippen LogP contribution in [0.25, 0.3) is 0 Å². The van der Waals surface area contributed by atoms with Crippen molar-refractivity contribution in [2.45, 2.75) is 19.4 Å². The Morgan fingerprint density at radius 3 is 2.68 bits per heavy atom. The molecule has 1 aromatic carbocycles. The monoisotopic (exact) mass is 322 g/mol. The number of nitrogens with zero attached hydrogens (tertiary/aromatic N) is 1. The first-order valence-electron chi connectivity index (χ1n) is 6.38.